The predicted molar refractivity (Wildman–Crippen MR) is 190 cm³/mol. The number of pyridine rings is 1. The lowest BCUT2D eigenvalue weighted by molar-refractivity contribution is -0.137. The first-order valence-corrected chi connectivity index (χ1v) is 18.3. The van der Waals surface area contributed by atoms with Crippen molar-refractivity contribution in [3.05, 3.63) is 60.0 Å². The molecule has 0 radical (unpaired) electrons. The van der Waals surface area contributed by atoms with Gasteiger partial charge in [-0.05, 0) is 67.8 Å². The number of nitrogens with zero attached hydrogens (tertiary/aromatic N) is 5. The van der Waals surface area contributed by atoms with Gasteiger partial charge in [-0.25, -0.2) is 19.6 Å². The highest BCUT2D eigenvalue weighted by atomic mass is 19.4. The molecule has 0 bridgehead atoms. The van der Waals surface area contributed by atoms with Crippen LogP contribution in [0, 0.1) is 17.8 Å². The fourth-order valence-electron chi connectivity index (χ4n) is 8.22. The van der Waals surface area contributed by atoms with Gasteiger partial charge in [0, 0.05) is 23.4 Å². The van der Waals surface area contributed by atoms with E-state index >= 15 is 0 Å². The summed E-state index contributed by atoms with van der Waals surface area (Å²) in [6.07, 6.45) is 13.1. The number of nitrogens with two attached hydrogens (primary N) is 1. The number of unbranched alkanes of at least 4 members (excludes halogenated alkanes) is 5. The third-order valence-corrected chi connectivity index (χ3v) is 10.7. The van der Waals surface area contributed by atoms with Crippen molar-refractivity contribution in [2.24, 2.45) is 17.8 Å². The molecule has 4 N–H and O–H groups in total. The summed E-state index contributed by atoms with van der Waals surface area (Å²) in [4.78, 5) is 25.7. The third-order valence-electron chi connectivity index (χ3n) is 10.7. The quantitative estimate of drug-likeness (QED) is 0.107. The number of rotatable bonds is 15. The van der Waals surface area contributed by atoms with Crippen LogP contribution in [0.2, 0.25) is 0 Å². The molecule has 9 nitrogen and oxygen atoms in total. The Balaban J connectivity index is 1.15. The number of hydrogen-bond donors (Lipinski definition) is 3. The summed E-state index contributed by atoms with van der Waals surface area (Å²) >= 11 is 0. The van der Waals surface area contributed by atoms with Crippen LogP contribution in [0.15, 0.2) is 48.9 Å². The minimum Gasteiger partial charge on any atom is -0.383 e. The molecule has 1 amide bonds. The van der Waals surface area contributed by atoms with Gasteiger partial charge in [0.15, 0.2) is 5.65 Å². The highest BCUT2D eigenvalue weighted by Gasteiger charge is 2.45. The van der Waals surface area contributed by atoms with Crippen molar-refractivity contribution in [1.82, 2.24) is 30.0 Å². The van der Waals surface area contributed by atoms with Gasteiger partial charge in [0.1, 0.15) is 23.7 Å². The van der Waals surface area contributed by atoms with Gasteiger partial charge in [0.2, 0.25) is 0 Å². The van der Waals surface area contributed by atoms with E-state index in [0.29, 0.717) is 40.4 Å². The monoisotopic (exact) mass is 690 g/mol. The molecule has 5 atom stereocenters. The summed E-state index contributed by atoms with van der Waals surface area (Å²) in [7, 11) is 0. The number of benzene rings is 1. The first-order chi connectivity index (χ1) is 24.2. The van der Waals surface area contributed by atoms with Crippen LogP contribution < -0.4 is 16.4 Å². The molecule has 12 heteroatoms. The second kappa shape index (κ2) is 15.9. The molecule has 1 aliphatic carbocycles. The van der Waals surface area contributed by atoms with Crippen LogP contribution in [0.1, 0.15) is 113 Å². The van der Waals surface area contributed by atoms with E-state index < -0.39 is 17.6 Å². The number of nitrogens with one attached hydrogen (secondary N) is 2. The molecular weight excluding hydrogens is 641 g/mol. The SMILES string of the molecule is CCCCCCCCC(CCC)CC1NCC2CC(n3nc(-c4ccc(C(=O)Nc5cc(C(F)(F)F)ccn5)cc4)c4c(N)ncnc43)CC21. The number of anilines is 2. The van der Waals surface area contributed by atoms with Crippen LogP contribution in [-0.2, 0) is 6.18 Å². The van der Waals surface area contributed by atoms with Gasteiger partial charge >= 0.3 is 6.18 Å². The minimum absolute atomic E-state index is 0.180. The maximum absolute atomic E-state index is 13.1. The Morgan fingerprint density at radius 1 is 1.00 bits per heavy atom. The summed E-state index contributed by atoms with van der Waals surface area (Å²) in [5, 5.41) is 12.1. The van der Waals surface area contributed by atoms with Gasteiger partial charge in [-0.15, -0.1) is 0 Å². The minimum atomic E-state index is -4.54. The van der Waals surface area contributed by atoms with Crippen LogP contribution in [-0.4, -0.2) is 43.2 Å². The summed E-state index contributed by atoms with van der Waals surface area (Å²) in [5.41, 5.74) is 7.87. The standard InChI is InChI=1S/C38H49F3N8O/c1-3-5-6-7-8-9-11-24(10-4-2)18-31-30-21-29(19-27(30)22-44-31)49-36-33(35(42)45-23-46-36)34(48-49)25-12-14-26(15-13-25)37(50)47-32-20-28(16-17-43-32)38(39,40)41/h12-17,20,23-24,27,29-31,44H,3-11,18-19,21-22H2,1-2H3,(H2,42,45,46)(H,43,47,50). The summed E-state index contributed by atoms with van der Waals surface area (Å²) in [5.74, 6) is 1.53. The first kappa shape index (κ1) is 35.8. The van der Waals surface area contributed by atoms with Gasteiger partial charge in [-0.1, -0.05) is 83.8 Å². The van der Waals surface area contributed by atoms with E-state index in [1.807, 2.05) is 4.68 Å². The molecule has 4 heterocycles. The molecule has 1 aliphatic heterocycles. The molecule has 0 spiro atoms. The highest BCUT2D eigenvalue weighted by molar-refractivity contribution is 6.04. The van der Waals surface area contributed by atoms with E-state index in [4.69, 9.17) is 10.8 Å². The average molecular weight is 691 g/mol. The summed E-state index contributed by atoms with van der Waals surface area (Å²) in [6.45, 7) is 5.60. The van der Waals surface area contributed by atoms with Crippen molar-refractivity contribution in [2.75, 3.05) is 17.6 Å². The number of carbonyl (C=O) groups excluding carboxylic acids is 1. The number of halogens is 3. The number of nitrogen functional groups attached to an aromatic ring is 1. The van der Waals surface area contributed by atoms with E-state index in [1.165, 1.54) is 70.5 Å². The van der Waals surface area contributed by atoms with Gasteiger partial charge < -0.3 is 16.4 Å². The second-order valence-electron chi connectivity index (χ2n) is 14.2. The Bertz CT molecular complexity index is 1740. The molecule has 268 valence electrons. The van der Waals surface area contributed by atoms with Crippen LogP contribution in [0.3, 0.4) is 0 Å². The van der Waals surface area contributed by atoms with Crippen LogP contribution in [0.25, 0.3) is 22.3 Å². The molecule has 50 heavy (non-hydrogen) atoms. The van der Waals surface area contributed by atoms with E-state index in [-0.39, 0.29) is 17.4 Å². The number of fused-ring (bicyclic) bond motifs is 2. The predicted octanol–water partition coefficient (Wildman–Crippen LogP) is 8.84. The van der Waals surface area contributed by atoms with Crippen molar-refractivity contribution >= 4 is 28.6 Å². The van der Waals surface area contributed by atoms with Crippen molar-refractivity contribution in [2.45, 2.75) is 109 Å². The summed E-state index contributed by atoms with van der Waals surface area (Å²) in [6, 6.07) is 9.11. The van der Waals surface area contributed by atoms with Crippen molar-refractivity contribution < 1.29 is 18.0 Å². The smallest absolute Gasteiger partial charge is 0.383 e. The van der Waals surface area contributed by atoms with Crippen LogP contribution in [0.4, 0.5) is 24.8 Å². The molecule has 2 fully saturated rings. The zero-order chi connectivity index (χ0) is 35.3. The highest BCUT2D eigenvalue weighted by Crippen LogP contribution is 2.47. The van der Waals surface area contributed by atoms with E-state index in [2.05, 4.69) is 39.4 Å². The molecule has 5 unspecified atom stereocenters. The largest absolute Gasteiger partial charge is 0.416 e. The Kier molecular flexibility index (Phi) is 11.3. The van der Waals surface area contributed by atoms with E-state index in [9.17, 15) is 18.0 Å². The third kappa shape index (κ3) is 8.11. The second-order valence-corrected chi connectivity index (χ2v) is 14.2. The average Bonchev–Trinajstić information content (AvgIpc) is 3.80. The molecule has 6 rings (SSSR count). The zero-order valence-electron chi connectivity index (χ0n) is 29.1. The van der Waals surface area contributed by atoms with Gasteiger partial charge in [0.05, 0.1) is 17.0 Å². The zero-order valence-corrected chi connectivity index (χ0v) is 29.1. The van der Waals surface area contributed by atoms with Crippen molar-refractivity contribution in [1.29, 1.82) is 0 Å². The number of amides is 1. The van der Waals surface area contributed by atoms with E-state index in [1.54, 1.807) is 24.3 Å². The van der Waals surface area contributed by atoms with Gasteiger partial charge in [0.25, 0.3) is 5.91 Å². The molecule has 1 saturated carbocycles. The molecule has 1 aromatic carbocycles. The topological polar surface area (TPSA) is 124 Å². The molecule has 2 aliphatic rings. The van der Waals surface area contributed by atoms with Gasteiger partial charge in [-0.3, -0.25) is 4.79 Å². The van der Waals surface area contributed by atoms with Crippen molar-refractivity contribution in [3.63, 3.8) is 0 Å². The van der Waals surface area contributed by atoms with Crippen LogP contribution >= 0.6 is 0 Å². The molecular formula is C38H49F3N8O. The number of hydrogen-bond acceptors (Lipinski definition) is 7. The number of carbonyl (C=O) groups is 1. The fraction of sp³-hybridized carbons (Fsp3) is 0.553. The Hall–Kier alpha value is -4.06. The molecule has 1 saturated heterocycles. The summed E-state index contributed by atoms with van der Waals surface area (Å²) < 4.78 is 41.4. The number of aromatic nitrogens is 5. The van der Waals surface area contributed by atoms with E-state index in [0.717, 1.165) is 49.2 Å². The molecule has 3 aromatic heterocycles. The Morgan fingerprint density at radius 2 is 1.78 bits per heavy atom. The van der Waals surface area contributed by atoms with Crippen LogP contribution in [0.5, 0.6) is 0 Å². The molecule has 4 aromatic rings. The lowest BCUT2D eigenvalue weighted by Crippen LogP contribution is -2.30. The fourth-order valence-corrected chi connectivity index (χ4v) is 8.22. The lowest BCUT2D eigenvalue weighted by atomic mass is 9.84. The first-order valence-electron chi connectivity index (χ1n) is 18.3. The Morgan fingerprint density at radius 3 is 2.54 bits per heavy atom. The Labute approximate surface area is 292 Å². The lowest BCUT2D eigenvalue weighted by Gasteiger charge is -2.25. The van der Waals surface area contributed by atoms with Crippen molar-refractivity contribution in [3.8, 4) is 11.3 Å². The van der Waals surface area contributed by atoms with Gasteiger partial charge in [-0.2, -0.15) is 18.3 Å². The maximum Gasteiger partial charge on any atom is 0.416 e. The normalized spacial score (nSPS) is 21.1. The maximum atomic E-state index is 13.1. The number of alkyl halides is 3.